The summed E-state index contributed by atoms with van der Waals surface area (Å²) in [4.78, 5) is 2.41. The zero-order chi connectivity index (χ0) is 6.69. The maximum atomic E-state index is 2.41. The van der Waals surface area contributed by atoms with Gasteiger partial charge in [0.25, 0.3) is 0 Å². The van der Waals surface area contributed by atoms with Gasteiger partial charge in [-0.3, -0.25) is 4.90 Å². The summed E-state index contributed by atoms with van der Waals surface area (Å²) >= 11 is 0. The van der Waals surface area contributed by atoms with Crippen molar-refractivity contribution in [3.8, 4) is 0 Å². The van der Waals surface area contributed by atoms with E-state index in [2.05, 4.69) is 25.3 Å². The first kappa shape index (κ1) is 7.07. The Morgan fingerprint density at radius 3 is 2.78 bits per heavy atom. The highest BCUT2D eigenvalue weighted by Crippen LogP contribution is 2.15. The maximum Gasteiger partial charge on any atom is 0.0220 e. The van der Waals surface area contributed by atoms with E-state index in [0.717, 1.165) is 5.92 Å². The Labute approximate surface area is 58.0 Å². The van der Waals surface area contributed by atoms with Gasteiger partial charge in [0, 0.05) is 13.1 Å². The van der Waals surface area contributed by atoms with Crippen molar-refractivity contribution in [3.05, 3.63) is 6.54 Å². The van der Waals surface area contributed by atoms with Gasteiger partial charge in [0.15, 0.2) is 0 Å². The van der Waals surface area contributed by atoms with Crippen molar-refractivity contribution in [3.63, 3.8) is 0 Å². The second-order valence-corrected chi connectivity index (χ2v) is 3.00. The molecular formula is C8H16N. The van der Waals surface area contributed by atoms with E-state index in [9.17, 15) is 0 Å². The minimum absolute atomic E-state index is 0.912. The molecule has 0 N–H and O–H groups in total. The molecule has 0 amide bonds. The molecule has 0 saturated carbocycles. The van der Waals surface area contributed by atoms with E-state index >= 15 is 0 Å². The maximum absolute atomic E-state index is 2.41. The van der Waals surface area contributed by atoms with Crippen LogP contribution in [0.3, 0.4) is 0 Å². The third-order valence-electron chi connectivity index (χ3n) is 2.05. The van der Waals surface area contributed by atoms with E-state index in [1.165, 1.54) is 25.9 Å². The molecule has 1 aliphatic rings. The zero-order valence-electron chi connectivity index (χ0n) is 6.43. The van der Waals surface area contributed by atoms with Gasteiger partial charge < -0.3 is 0 Å². The molecule has 1 saturated heterocycles. The summed E-state index contributed by atoms with van der Waals surface area (Å²) in [6.45, 7) is 9.21. The Bertz CT molecular complexity index is 80.6. The van der Waals surface area contributed by atoms with Crippen LogP contribution in [-0.4, -0.2) is 18.0 Å². The van der Waals surface area contributed by atoms with Crippen LogP contribution >= 0.6 is 0 Å². The van der Waals surface area contributed by atoms with Crippen molar-refractivity contribution < 1.29 is 0 Å². The normalized spacial score (nSPS) is 30.7. The fourth-order valence-electron chi connectivity index (χ4n) is 1.46. The first-order valence-electron chi connectivity index (χ1n) is 3.86. The molecule has 0 bridgehead atoms. The molecular weight excluding hydrogens is 110 g/mol. The minimum Gasteiger partial charge on any atom is -0.299 e. The zero-order valence-corrected chi connectivity index (χ0v) is 6.43. The molecule has 1 radical (unpaired) electrons. The van der Waals surface area contributed by atoms with Gasteiger partial charge >= 0.3 is 0 Å². The summed E-state index contributed by atoms with van der Waals surface area (Å²) in [5, 5.41) is 0. The van der Waals surface area contributed by atoms with Crippen LogP contribution in [0, 0.1) is 12.5 Å². The van der Waals surface area contributed by atoms with E-state index in [1.54, 1.807) is 0 Å². The summed E-state index contributed by atoms with van der Waals surface area (Å²) in [6.07, 6.45) is 2.80. The third kappa shape index (κ3) is 1.98. The lowest BCUT2D eigenvalue weighted by Gasteiger charge is -2.29. The number of nitrogens with zero attached hydrogens (tertiary/aromatic N) is 1. The van der Waals surface area contributed by atoms with Gasteiger partial charge in [-0.2, -0.15) is 0 Å². The van der Waals surface area contributed by atoms with E-state index in [1.807, 2.05) is 0 Å². The van der Waals surface area contributed by atoms with Gasteiger partial charge in [-0.25, -0.2) is 0 Å². The molecule has 1 heteroatoms. The fourth-order valence-corrected chi connectivity index (χ4v) is 1.46. The van der Waals surface area contributed by atoms with Crippen molar-refractivity contribution >= 4 is 0 Å². The molecule has 53 valence electrons. The van der Waals surface area contributed by atoms with Crippen LogP contribution < -0.4 is 0 Å². The second-order valence-electron chi connectivity index (χ2n) is 3.00. The predicted octanol–water partition coefficient (Wildman–Crippen LogP) is 1.90. The Balaban J connectivity index is 2.23. The molecule has 0 aromatic carbocycles. The molecule has 0 aromatic heterocycles. The van der Waals surface area contributed by atoms with Gasteiger partial charge in [0.1, 0.15) is 0 Å². The monoisotopic (exact) mass is 126 g/mol. The highest BCUT2D eigenvalue weighted by molar-refractivity contribution is 4.72. The van der Waals surface area contributed by atoms with E-state index in [-0.39, 0.29) is 0 Å². The number of hydrogen-bond donors (Lipinski definition) is 0. The molecule has 1 rings (SSSR count). The molecule has 1 unspecified atom stereocenters. The van der Waals surface area contributed by atoms with Crippen molar-refractivity contribution in [1.29, 1.82) is 0 Å². The largest absolute Gasteiger partial charge is 0.299 e. The Morgan fingerprint density at radius 1 is 1.56 bits per heavy atom. The van der Waals surface area contributed by atoms with Crippen LogP contribution in [0.1, 0.15) is 26.7 Å². The summed E-state index contributed by atoms with van der Waals surface area (Å²) in [7, 11) is 0. The van der Waals surface area contributed by atoms with Gasteiger partial charge in [-0.1, -0.05) is 6.92 Å². The van der Waals surface area contributed by atoms with Crippen molar-refractivity contribution in [2.45, 2.75) is 26.7 Å². The SMILES string of the molecule is C[CH]N1CCCC(C)C1. The quantitative estimate of drug-likeness (QED) is 0.518. The van der Waals surface area contributed by atoms with Gasteiger partial charge in [-0.05, 0) is 32.2 Å². The average Bonchev–Trinajstić information content (AvgIpc) is 1.88. The third-order valence-corrected chi connectivity index (χ3v) is 2.05. The number of piperidine rings is 1. The second kappa shape index (κ2) is 3.21. The molecule has 1 atom stereocenters. The Kier molecular flexibility index (Phi) is 2.52. The molecule has 1 heterocycles. The first-order chi connectivity index (χ1) is 4.33. The van der Waals surface area contributed by atoms with Crippen LogP contribution in [0.15, 0.2) is 0 Å². The number of hydrogen-bond acceptors (Lipinski definition) is 1. The molecule has 9 heavy (non-hydrogen) atoms. The lowest BCUT2D eigenvalue weighted by atomic mass is 10.0. The van der Waals surface area contributed by atoms with Gasteiger partial charge in [0.2, 0.25) is 0 Å². The fraction of sp³-hybridized carbons (Fsp3) is 0.875. The number of likely N-dealkylation sites (tertiary alicyclic amines) is 1. The molecule has 0 spiro atoms. The summed E-state index contributed by atoms with van der Waals surface area (Å²) in [5.74, 6) is 0.912. The van der Waals surface area contributed by atoms with Crippen molar-refractivity contribution in [1.82, 2.24) is 4.90 Å². The standard InChI is InChI=1S/C8H16N/c1-3-9-6-4-5-8(2)7-9/h3,8H,4-7H2,1-2H3. The minimum atomic E-state index is 0.912. The van der Waals surface area contributed by atoms with Crippen molar-refractivity contribution in [2.24, 2.45) is 5.92 Å². The Morgan fingerprint density at radius 2 is 2.33 bits per heavy atom. The first-order valence-corrected chi connectivity index (χ1v) is 3.86. The molecule has 1 nitrogen and oxygen atoms in total. The predicted molar refractivity (Wildman–Crippen MR) is 39.9 cm³/mol. The molecule has 0 aliphatic carbocycles. The van der Waals surface area contributed by atoms with Crippen LogP contribution in [0.4, 0.5) is 0 Å². The summed E-state index contributed by atoms with van der Waals surface area (Å²) in [5.41, 5.74) is 0. The molecule has 0 aromatic rings. The summed E-state index contributed by atoms with van der Waals surface area (Å²) < 4.78 is 0. The van der Waals surface area contributed by atoms with Crippen LogP contribution in [0.5, 0.6) is 0 Å². The number of rotatable bonds is 1. The Hall–Kier alpha value is -0.0400. The smallest absolute Gasteiger partial charge is 0.0220 e. The van der Waals surface area contributed by atoms with E-state index in [4.69, 9.17) is 0 Å². The van der Waals surface area contributed by atoms with E-state index < -0.39 is 0 Å². The van der Waals surface area contributed by atoms with E-state index in [0.29, 0.717) is 0 Å². The lowest BCUT2D eigenvalue weighted by Crippen LogP contribution is -2.31. The lowest BCUT2D eigenvalue weighted by molar-refractivity contribution is 0.224. The topological polar surface area (TPSA) is 3.24 Å². The molecule has 1 fully saturated rings. The molecule has 1 aliphatic heterocycles. The van der Waals surface area contributed by atoms with Crippen molar-refractivity contribution in [2.75, 3.05) is 13.1 Å². The van der Waals surface area contributed by atoms with Gasteiger partial charge in [-0.15, -0.1) is 0 Å². The van der Waals surface area contributed by atoms with Gasteiger partial charge in [0.05, 0.1) is 0 Å². The highest BCUT2D eigenvalue weighted by atomic mass is 15.1. The average molecular weight is 126 g/mol. The van der Waals surface area contributed by atoms with Crippen LogP contribution in [0.2, 0.25) is 0 Å². The summed E-state index contributed by atoms with van der Waals surface area (Å²) in [6, 6.07) is 0. The van der Waals surface area contributed by atoms with Crippen LogP contribution in [0.25, 0.3) is 0 Å². The van der Waals surface area contributed by atoms with Crippen LogP contribution in [-0.2, 0) is 0 Å². The highest BCUT2D eigenvalue weighted by Gasteiger charge is 2.13.